The maximum Gasteiger partial charge on any atom is 0.253 e. The maximum atomic E-state index is 5.87. The summed E-state index contributed by atoms with van der Waals surface area (Å²) in [5.41, 5.74) is 2.15. The lowest BCUT2D eigenvalue weighted by molar-refractivity contribution is 0.232. The molecule has 2 aliphatic rings. The SMILES string of the molecule is CC1NCCC=C1c1nsnc1OCCN1CCCC1. The van der Waals surface area contributed by atoms with Crippen molar-refractivity contribution in [2.24, 2.45) is 0 Å². The highest BCUT2D eigenvalue weighted by Gasteiger charge is 2.21. The summed E-state index contributed by atoms with van der Waals surface area (Å²) in [6, 6.07) is 0.327. The first-order valence-corrected chi connectivity index (χ1v) is 8.19. The molecule has 1 unspecified atom stereocenters. The Hall–Kier alpha value is -0.980. The highest BCUT2D eigenvalue weighted by Crippen LogP contribution is 2.28. The third kappa shape index (κ3) is 3.19. The first kappa shape index (κ1) is 14.0. The van der Waals surface area contributed by atoms with Gasteiger partial charge in [-0.2, -0.15) is 4.37 Å². The Morgan fingerprint density at radius 3 is 3.05 bits per heavy atom. The zero-order valence-electron chi connectivity index (χ0n) is 12.0. The molecule has 1 aromatic heterocycles. The Balaban J connectivity index is 1.59. The van der Waals surface area contributed by atoms with Gasteiger partial charge in [-0.25, -0.2) is 0 Å². The van der Waals surface area contributed by atoms with Crippen LogP contribution in [0, 0.1) is 0 Å². The van der Waals surface area contributed by atoms with Crippen molar-refractivity contribution in [2.75, 3.05) is 32.8 Å². The fourth-order valence-corrected chi connectivity index (χ4v) is 3.36. The van der Waals surface area contributed by atoms with Crippen LogP contribution in [0.4, 0.5) is 0 Å². The van der Waals surface area contributed by atoms with Gasteiger partial charge >= 0.3 is 0 Å². The highest BCUT2D eigenvalue weighted by molar-refractivity contribution is 6.99. The molecule has 1 saturated heterocycles. The molecular weight excluding hydrogens is 272 g/mol. The predicted octanol–water partition coefficient (Wildman–Crippen LogP) is 1.78. The van der Waals surface area contributed by atoms with Gasteiger partial charge in [-0.15, -0.1) is 4.37 Å². The van der Waals surface area contributed by atoms with Crippen molar-refractivity contribution in [3.05, 3.63) is 11.8 Å². The van der Waals surface area contributed by atoms with E-state index < -0.39 is 0 Å². The predicted molar refractivity (Wildman–Crippen MR) is 81.1 cm³/mol. The van der Waals surface area contributed by atoms with E-state index in [-0.39, 0.29) is 0 Å². The van der Waals surface area contributed by atoms with E-state index in [9.17, 15) is 0 Å². The molecule has 5 nitrogen and oxygen atoms in total. The van der Waals surface area contributed by atoms with Crippen LogP contribution in [0.25, 0.3) is 5.57 Å². The molecular formula is C14H22N4OS. The monoisotopic (exact) mass is 294 g/mol. The van der Waals surface area contributed by atoms with E-state index in [1.54, 1.807) is 0 Å². The van der Waals surface area contributed by atoms with E-state index in [2.05, 4.69) is 32.0 Å². The van der Waals surface area contributed by atoms with Crippen LogP contribution in [-0.4, -0.2) is 52.5 Å². The average molecular weight is 294 g/mol. The van der Waals surface area contributed by atoms with Gasteiger partial charge < -0.3 is 10.1 Å². The summed E-state index contributed by atoms with van der Waals surface area (Å²) in [4.78, 5) is 2.45. The summed E-state index contributed by atoms with van der Waals surface area (Å²) >= 11 is 1.24. The van der Waals surface area contributed by atoms with Gasteiger partial charge in [0.15, 0.2) is 0 Å². The number of aromatic nitrogens is 2. The number of ether oxygens (including phenoxy) is 1. The Morgan fingerprint density at radius 2 is 2.25 bits per heavy atom. The molecule has 0 radical (unpaired) electrons. The van der Waals surface area contributed by atoms with Crippen molar-refractivity contribution in [2.45, 2.75) is 32.2 Å². The zero-order chi connectivity index (χ0) is 13.8. The zero-order valence-corrected chi connectivity index (χ0v) is 12.8. The number of hydrogen-bond acceptors (Lipinski definition) is 6. The van der Waals surface area contributed by atoms with Gasteiger partial charge in [-0.05, 0) is 51.4 Å². The summed E-state index contributed by atoms with van der Waals surface area (Å²) in [5, 5.41) is 3.45. The van der Waals surface area contributed by atoms with Crippen LogP contribution in [0.5, 0.6) is 5.88 Å². The second-order valence-corrected chi connectivity index (χ2v) is 5.97. The molecule has 1 aromatic rings. The first-order chi connectivity index (χ1) is 9.84. The lowest BCUT2D eigenvalue weighted by Gasteiger charge is -2.21. The molecule has 20 heavy (non-hydrogen) atoms. The Morgan fingerprint density at radius 1 is 1.40 bits per heavy atom. The van der Waals surface area contributed by atoms with E-state index in [0.717, 1.165) is 25.2 Å². The number of hydrogen-bond donors (Lipinski definition) is 1. The van der Waals surface area contributed by atoms with Crippen LogP contribution < -0.4 is 10.1 Å². The molecule has 1 atom stereocenters. The summed E-state index contributed by atoms with van der Waals surface area (Å²) in [6.45, 7) is 7.30. The van der Waals surface area contributed by atoms with E-state index in [1.807, 2.05) is 0 Å². The number of rotatable bonds is 5. The number of likely N-dealkylation sites (tertiary alicyclic amines) is 1. The standard InChI is InChI=1S/C14H22N4OS/c1-11-12(5-4-6-15-11)13-14(17-20-16-13)19-10-9-18-7-2-3-8-18/h5,11,15H,2-4,6-10H2,1H3. The molecule has 0 amide bonds. The lowest BCUT2D eigenvalue weighted by Crippen LogP contribution is -2.31. The number of nitrogens with one attached hydrogen (secondary N) is 1. The van der Waals surface area contributed by atoms with Crippen LogP contribution in [0.3, 0.4) is 0 Å². The number of nitrogens with zero attached hydrogens (tertiary/aromatic N) is 3. The minimum Gasteiger partial charge on any atom is -0.474 e. The van der Waals surface area contributed by atoms with Crippen molar-refractivity contribution in [1.82, 2.24) is 19.0 Å². The average Bonchev–Trinajstić information content (AvgIpc) is 3.11. The smallest absolute Gasteiger partial charge is 0.253 e. The van der Waals surface area contributed by atoms with Gasteiger partial charge in [-0.3, -0.25) is 4.90 Å². The summed E-state index contributed by atoms with van der Waals surface area (Å²) in [5.74, 6) is 0.705. The molecule has 3 heterocycles. The van der Waals surface area contributed by atoms with E-state index in [4.69, 9.17) is 4.74 Å². The van der Waals surface area contributed by atoms with Gasteiger partial charge in [0.05, 0.1) is 11.7 Å². The minimum atomic E-state index is 0.327. The molecule has 6 heteroatoms. The van der Waals surface area contributed by atoms with E-state index in [0.29, 0.717) is 18.5 Å². The van der Waals surface area contributed by atoms with Crippen LogP contribution in [0.1, 0.15) is 31.9 Å². The van der Waals surface area contributed by atoms with Crippen molar-refractivity contribution in [3.63, 3.8) is 0 Å². The van der Waals surface area contributed by atoms with Crippen LogP contribution in [0.2, 0.25) is 0 Å². The molecule has 110 valence electrons. The third-order valence-corrected chi connectivity index (χ3v) is 4.51. The van der Waals surface area contributed by atoms with Crippen LogP contribution in [-0.2, 0) is 0 Å². The van der Waals surface area contributed by atoms with Gasteiger partial charge in [-0.1, -0.05) is 6.08 Å². The molecule has 3 rings (SSSR count). The summed E-state index contributed by atoms with van der Waals surface area (Å²) in [7, 11) is 0. The second kappa shape index (κ2) is 6.65. The second-order valence-electron chi connectivity index (χ2n) is 5.44. The maximum absolute atomic E-state index is 5.87. The Labute approximate surface area is 124 Å². The molecule has 0 aliphatic carbocycles. The summed E-state index contributed by atoms with van der Waals surface area (Å²) < 4.78 is 14.6. The molecule has 0 bridgehead atoms. The molecule has 0 aromatic carbocycles. The largest absolute Gasteiger partial charge is 0.474 e. The van der Waals surface area contributed by atoms with Crippen molar-refractivity contribution in [1.29, 1.82) is 0 Å². The van der Waals surface area contributed by atoms with Crippen molar-refractivity contribution in [3.8, 4) is 5.88 Å². The fraction of sp³-hybridized carbons (Fsp3) is 0.714. The van der Waals surface area contributed by atoms with E-state index in [1.165, 1.54) is 43.2 Å². The topological polar surface area (TPSA) is 50.3 Å². The van der Waals surface area contributed by atoms with Gasteiger partial charge in [0.1, 0.15) is 12.3 Å². The van der Waals surface area contributed by atoms with Crippen LogP contribution >= 0.6 is 11.7 Å². The van der Waals surface area contributed by atoms with Crippen molar-refractivity contribution < 1.29 is 4.74 Å². The van der Waals surface area contributed by atoms with Crippen molar-refractivity contribution >= 4 is 17.3 Å². The summed E-state index contributed by atoms with van der Waals surface area (Å²) in [6.07, 6.45) is 5.94. The van der Waals surface area contributed by atoms with Gasteiger partial charge in [0.25, 0.3) is 5.88 Å². The molecule has 0 spiro atoms. The minimum absolute atomic E-state index is 0.327. The first-order valence-electron chi connectivity index (χ1n) is 7.46. The quantitative estimate of drug-likeness (QED) is 0.897. The Kier molecular flexibility index (Phi) is 4.65. The van der Waals surface area contributed by atoms with Crippen LogP contribution in [0.15, 0.2) is 6.08 Å². The third-order valence-electron chi connectivity index (χ3n) is 4.00. The van der Waals surface area contributed by atoms with Gasteiger partial charge in [0, 0.05) is 12.6 Å². The lowest BCUT2D eigenvalue weighted by atomic mass is 10.0. The highest BCUT2D eigenvalue weighted by atomic mass is 32.1. The molecule has 1 N–H and O–H groups in total. The molecule has 0 saturated carbocycles. The van der Waals surface area contributed by atoms with E-state index >= 15 is 0 Å². The molecule has 2 aliphatic heterocycles. The molecule has 1 fully saturated rings. The van der Waals surface area contributed by atoms with Gasteiger partial charge in [0.2, 0.25) is 0 Å². The normalized spacial score (nSPS) is 23.9. The fourth-order valence-electron chi connectivity index (χ4n) is 2.85. The Bertz CT molecular complexity index is 467.